The second kappa shape index (κ2) is 8.17. The Balaban J connectivity index is 2.68. The number of aromatic nitrogens is 2. The fraction of sp³-hybridized carbons (Fsp3) is 0.750. The van der Waals surface area contributed by atoms with Crippen LogP contribution in [-0.4, -0.2) is 27.5 Å². The molecule has 0 saturated carbocycles. The van der Waals surface area contributed by atoms with Gasteiger partial charge in [-0.05, 0) is 33.6 Å². The Labute approximate surface area is 133 Å². The first-order valence-electron chi connectivity index (χ1n) is 8.01. The summed E-state index contributed by atoms with van der Waals surface area (Å²) < 4.78 is 6.95. The van der Waals surface area contributed by atoms with Crippen LogP contribution >= 0.6 is 0 Å². The van der Waals surface area contributed by atoms with Crippen LogP contribution in [0.3, 0.4) is 0 Å². The second-order valence-electron chi connectivity index (χ2n) is 6.54. The molecule has 1 unspecified atom stereocenters. The molecule has 1 aromatic rings. The highest BCUT2D eigenvalue weighted by molar-refractivity contribution is 5.84. The summed E-state index contributed by atoms with van der Waals surface area (Å²) >= 11 is 0. The van der Waals surface area contributed by atoms with Crippen molar-refractivity contribution in [1.29, 1.82) is 0 Å². The topological polar surface area (TPSA) is 68.2 Å². The molecule has 1 atom stereocenters. The summed E-state index contributed by atoms with van der Waals surface area (Å²) in [7, 11) is 1.81. The Morgan fingerprint density at radius 1 is 1.41 bits per heavy atom. The molecule has 0 fully saturated rings. The molecule has 0 bridgehead atoms. The molecule has 0 saturated heterocycles. The number of anilines is 1. The Bertz CT molecular complexity index is 477. The summed E-state index contributed by atoms with van der Waals surface area (Å²) in [5.74, 6) is 0.674. The summed E-state index contributed by atoms with van der Waals surface area (Å²) in [5.41, 5.74) is 0.443. The van der Waals surface area contributed by atoms with Crippen molar-refractivity contribution in [3.05, 3.63) is 11.8 Å². The number of carbonyl (C=O) groups is 1. The maximum atomic E-state index is 11.9. The van der Waals surface area contributed by atoms with Gasteiger partial charge < -0.3 is 10.1 Å². The van der Waals surface area contributed by atoms with Crippen LogP contribution in [0, 0.1) is 0 Å². The van der Waals surface area contributed by atoms with Crippen molar-refractivity contribution in [1.82, 2.24) is 15.1 Å². The predicted octanol–water partition coefficient (Wildman–Crippen LogP) is 3.44. The van der Waals surface area contributed by atoms with E-state index in [-0.39, 0.29) is 0 Å². The molecule has 6 nitrogen and oxygen atoms in total. The molecular formula is C16H30N4O2. The maximum Gasteiger partial charge on any atom is 0.413 e. The van der Waals surface area contributed by atoms with E-state index in [2.05, 4.69) is 29.6 Å². The third kappa shape index (κ3) is 6.05. The third-order valence-electron chi connectivity index (χ3n) is 3.35. The minimum atomic E-state index is -0.518. The molecule has 0 aromatic carbocycles. The number of aryl methyl sites for hydroxylation is 1. The van der Waals surface area contributed by atoms with Gasteiger partial charge in [-0.25, -0.2) is 4.79 Å². The monoisotopic (exact) mass is 310 g/mol. The second-order valence-corrected chi connectivity index (χ2v) is 6.54. The third-order valence-corrected chi connectivity index (χ3v) is 3.35. The van der Waals surface area contributed by atoms with Gasteiger partial charge in [0.25, 0.3) is 0 Å². The van der Waals surface area contributed by atoms with Crippen molar-refractivity contribution in [3.8, 4) is 0 Å². The van der Waals surface area contributed by atoms with Gasteiger partial charge in [0.05, 0.1) is 6.20 Å². The quantitative estimate of drug-likeness (QED) is 0.809. The van der Waals surface area contributed by atoms with Crippen LogP contribution in [0.1, 0.15) is 59.4 Å². The number of nitrogens with zero attached hydrogens (tertiary/aromatic N) is 2. The average molecular weight is 310 g/mol. The van der Waals surface area contributed by atoms with Crippen molar-refractivity contribution in [3.63, 3.8) is 0 Å². The lowest BCUT2D eigenvalue weighted by molar-refractivity contribution is 0.0634. The van der Waals surface area contributed by atoms with Crippen LogP contribution in [0.25, 0.3) is 0 Å². The summed E-state index contributed by atoms with van der Waals surface area (Å²) in [4.78, 5) is 11.9. The van der Waals surface area contributed by atoms with Crippen molar-refractivity contribution < 1.29 is 9.53 Å². The molecule has 0 aliphatic carbocycles. The Kier molecular flexibility index (Phi) is 6.87. The lowest BCUT2D eigenvalue weighted by Gasteiger charge is -2.20. The first-order valence-corrected chi connectivity index (χ1v) is 8.01. The van der Waals surface area contributed by atoms with Gasteiger partial charge in [-0.2, -0.15) is 5.10 Å². The smallest absolute Gasteiger partial charge is 0.413 e. The number of rotatable bonds is 7. The van der Waals surface area contributed by atoms with E-state index in [1.165, 1.54) is 0 Å². The molecule has 1 heterocycles. The number of hydrogen-bond acceptors (Lipinski definition) is 4. The van der Waals surface area contributed by atoms with Gasteiger partial charge in [0.1, 0.15) is 11.4 Å². The highest BCUT2D eigenvalue weighted by Gasteiger charge is 2.19. The van der Waals surface area contributed by atoms with Crippen LogP contribution in [0.4, 0.5) is 10.6 Å². The number of hydrogen-bond donors (Lipinski definition) is 2. The van der Waals surface area contributed by atoms with Crippen molar-refractivity contribution in [2.75, 3.05) is 5.32 Å². The lowest BCUT2D eigenvalue weighted by atomic mass is 10.1. The molecule has 126 valence electrons. The minimum Gasteiger partial charge on any atom is -0.444 e. The van der Waals surface area contributed by atoms with E-state index in [4.69, 9.17) is 4.74 Å². The van der Waals surface area contributed by atoms with E-state index in [1.54, 1.807) is 17.9 Å². The van der Waals surface area contributed by atoms with Crippen molar-refractivity contribution in [2.24, 2.45) is 7.05 Å². The molecule has 0 aliphatic heterocycles. The minimum absolute atomic E-state index is 0.460. The molecule has 22 heavy (non-hydrogen) atoms. The number of amides is 1. The van der Waals surface area contributed by atoms with Gasteiger partial charge >= 0.3 is 6.09 Å². The Morgan fingerprint density at radius 3 is 2.64 bits per heavy atom. The molecule has 0 radical (unpaired) electrons. The van der Waals surface area contributed by atoms with Crippen LogP contribution in [0.5, 0.6) is 0 Å². The summed E-state index contributed by atoms with van der Waals surface area (Å²) in [5, 5.41) is 10.5. The highest BCUT2D eigenvalue weighted by Crippen LogP contribution is 2.16. The van der Waals surface area contributed by atoms with Gasteiger partial charge in [-0.3, -0.25) is 10.00 Å². The fourth-order valence-corrected chi connectivity index (χ4v) is 2.23. The number of ether oxygens (including phenoxy) is 1. The van der Waals surface area contributed by atoms with E-state index in [0.29, 0.717) is 18.4 Å². The summed E-state index contributed by atoms with van der Waals surface area (Å²) in [6, 6.07) is 0.486. The lowest BCUT2D eigenvalue weighted by Crippen LogP contribution is -2.30. The van der Waals surface area contributed by atoms with E-state index in [1.807, 2.05) is 20.8 Å². The SMILES string of the molecule is CCCC(CC)NCc1cnn(C)c1NC(=O)OC(C)(C)C. The zero-order chi connectivity index (χ0) is 16.8. The molecule has 0 spiro atoms. The summed E-state index contributed by atoms with van der Waals surface area (Å²) in [6.07, 6.45) is 4.70. The zero-order valence-corrected chi connectivity index (χ0v) is 14.7. The van der Waals surface area contributed by atoms with Gasteiger partial charge in [0.15, 0.2) is 0 Å². The number of nitrogens with one attached hydrogen (secondary N) is 2. The molecule has 1 amide bonds. The van der Waals surface area contributed by atoms with Crippen molar-refractivity contribution >= 4 is 11.9 Å². The van der Waals surface area contributed by atoms with E-state index >= 15 is 0 Å². The van der Waals surface area contributed by atoms with Crippen LogP contribution in [-0.2, 0) is 18.3 Å². The fourth-order valence-electron chi connectivity index (χ4n) is 2.23. The Hall–Kier alpha value is -1.56. The largest absolute Gasteiger partial charge is 0.444 e. The van der Waals surface area contributed by atoms with E-state index < -0.39 is 11.7 Å². The van der Waals surface area contributed by atoms with Crippen molar-refractivity contribution in [2.45, 2.75) is 72.1 Å². The van der Waals surface area contributed by atoms with E-state index in [9.17, 15) is 4.79 Å². The van der Waals surface area contributed by atoms with Crippen LogP contribution in [0.15, 0.2) is 6.20 Å². The first-order chi connectivity index (χ1) is 10.3. The highest BCUT2D eigenvalue weighted by atomic mass is 16.6. The van der Waals surface area contributed by atoms with Crippen LogP contribution < -0.4 is 10.6 Å². The zero-order valence-electron chi connectivity index (χ0n) is 14.7. The van der Waals surface area contributed by atoms with Gasteiger partial charge in [0.2, 0.25) is 0 Å². The van der Waals surface area contributed by atoms with Gasteiger partial charge in [-0.15, -0.1) is 0 Å². The predicted molar refractivity (Wildman–Crippen MR) is 88.9 cm³/mol. The first kappa shape index (κ1) is 18.5. The molecule has 6 heteroatoms. The van der Waals surface area contributed by atoms with Crippen LogP contribution in [0.2, 0.25) is 0 Å². The van der Waals surface area contributed by atoms with E-state index in [0.717, 1.165) is 24.8 Å². The number of carbonyl (C=O) groups excluding carboxylic acids is 1. The standard InChI is InChI=1S/C16H30N4O2/c1-7-9-13(8-2)17-10-12-11-18-20(6)14(12)19-15(21)22-16(3,4)5/h11,13,17H,7-10H2,1-6H3,(H,19,21). The maximum absolute atomic E-state index is 11.9. The van der Waals surface area contributed by atoms with Gasteiger partial charge in [-0.1, -0.05) is 20.3 Å². The normalized spacial score (nSPS) is 13.0. The molecule has 0 aliphatic rings. The molecule has 1 aromatic heterocycles. The summed E-state index contributed by atoms with van der Waals surface area (Å²) in [6.45, 7) is 10.6. The van der Waals surface area contributed by atoms with Gasteiger partial charge in [0, 0.05) is 25.2 Å². The molecule has 1 rings (SSSR count). The molecular weight excluding hydrogens is 280 g/mol. The molecule has 2 N–H and O–H groups in total. The average Bonchev–Trinajstić information content (AvgIpc) is 2.74. The Morgan fingerprint density at radius 2 is 2.09 bits per heavy atom.